The molecular weight excluding hydrogens is 157 g/mol. The van der Waals surface area contributed by atoms with Crippen LogP contribution in [0.3, 0.4) is 0 Å². The number of rotatable bonds is 1. The summed E-state index contributed by atoms with van der Waals surface area (Å²) in [5.74, 6) is -1.29. The van der Waals surface area contributed by atoms with Crippen molar-refractivity contribution in [2.75, 3.05) is 6.61 Å². The topological polar surface area (TPSA) is 20.2 Å². The Balaban J connectivity index is 2.42. The Kier molecular flexibility index (Phi) is 2.42. The summed E-state index contributed by atoms with van der Waals surface area (Å²) in [4.78, 5) is 0. The Morgan fingerprint density at radius 3 is 2.18 bits per heavy atom. The van der Waals surface area contributed by atoms with Gasteiger partial charge in [-0.2, -0.15) is 13.2 Å². The van der Waals surface area contributed by atoms with Crippen LogP contribution >= 0.6 is 0 Å². The molecule has 1 aliphatic carbocycles. The zero-order chi connectivity index (χ0) is 8.48. The molecule has 1 rings (SSSR count). The van der Waals surface area contributed by atoms with Crippen LogP contribution in [-0.4, -0.2) is 17.9 Å². The molecule has 0 spiro atoms. The van der Waals surface area contributed by atoms with Crippen molar-refractivity contribution in [1.82, 2.24) is 0 Å². The minimum atomic E-state index is -4.05. The Morgan fingerprint density at radius 2 is 1.91 bits per heavy atom. The van der Waals surface area contributed by atoms with Gasteiger partial charge in [-0.25, -0.2) is 0 Å². The van der Waals surface area contributed by atoms with E-state index in [-0.39, 0.29) is 25.4 Å². The molecule has 1 N–H and O–H groups in total. The van der Waals surface area contributed by atoms with Gasteiger partial charge in [0.25, 0.3) is 0 Å². The van der Waals surface area contributed by atoms with Crippen molar-refractivity contribution in [2.45, 2.75) is 25.4 Å². The first kappa shape index (κ1) is 8.84. The Bertz CT molecular complexity index is 132. The summed E-state index contributed by atoms with van der Waals surface area (Å²) < 4.78 is 36.0. The van der Waals surface area contributed by atoms with Crippen LogP contribution in [0.15, 0.2) is 0 Å². The molecule has 1 aliphatic rings. The molecule has 2 atom stereocenters. The van der Waals surface area contributed by atoms with Crippen molar-refractivity contribution in [1.29, 1.82) is 0 Å². The SMILES string of the molecule is OC[C@H]1CC[C@@H](C(F)(F)F)C1. The van der Waals surface area contributed by atoms with E-state index in [1.54, 1.807) is 0 Å². The van der Waals surface area contributed by atoms with Gasteiger partial charge >= 0.3 is 6.18 Å². The van der Waals surface area contributed by atoms with E-state index >= 15 is 0 Å². The molecule has 1 fully saturated rings. The summed E-state index contributed by atoms with van der Waals surface area (Å²) in [5.41, 5.74) is 0. The van der Waals surface area contributed by atoms with Crippen LogP contribution in [0, 0.1) is 11.8 Å². The Labute approximate surface area is 63.2 Å². The van der Waals surface area contributed by atoms with Gasteiger partial charge in [-0.3, -0.25) is 0 Å². The van der Waals surface area contributed by atoms with Gasteiger partial charge in [-0.15, -0.1) is 0 Å². The van der Waals surface area contributed by atoms with Crippen LogP contribution in [0.2, 0.25) is 0 Å². The molecule has 0 heterocycles. The minimum absolute atomic E-state index is 0.105. The molecule has 0 aromatic carbocycles. The summed E-state index contributed by atoms with van der Waals surface area (Å²) in [6.45, 7) is -0.105. The third-order valence-electron chi connectivity index (χ3n) is 2.26. The van der Waals surface area contributed by atoms with E-state index in [0.717, 1.165) is 0 Å². The molecule has 0 aromatic rings. The predicted octanol–water partition coefficient (Wildman–Crippen LogP) is 1.96. The van der Waals surface area contributed by atoms with Crippen LogP contribution in [0.4, 0.5) is 13.2 Å². The predicted molar refractivity (Wildman–Crippen MR) is 34.0 cm³/mol. The van der Waals surface area contributed by atoms with Gasteiger partial charge in [0.15, 0.2) is 0 Å². The lowest BCUT2D eigenvalue weighted by Crippen LogP contribution is -2.20. The second-order valence-electron chi connectivity index (χ2n) is 3.10. The maximum atomic E-state index is 12.0. The highest BCUT2D eigenvalue weighted by molar-refractivity contribution is 4.79. The van der Waals surface area contributed by atoms with E-state index in [1.165, 1.54) is 0 Å². The van der Waals surface area contributed by atoms with Crippen molar-refractivity contribution >= 4 is 0 Å². The first-order valence-corrected chi connectivity index (χ1v) is 3.71. The maximum Gasteiger partial charge on any atom is 0.391 e. The Morgan fingerprint density at radius 1 is 1.27 bits per heavy atom. The molecule has 66 valence electrons. The fourth-order valence-corrected chi connectivity index (χ4v) is 1.54. The smallest absolute Gasteiger partial charge is 0.391 e. The quantitative estimate of drug-likeness (QED) is 0.634. The average Bonchev–Trinajstić information content (AvgIpc) is 2.32. The number of hydrogen-bond acceptors (Lipinski definition) is 1. The highest BCUT2D eigenvalue weighted by Crippen LogP contribution is 2.41. The molecule has 0 unspecified atom stereocenters. The van der Waals surface area contributed by atoms with Crippen molar-refractivity contribution in [3.8, 4) is 0 Å². The summed E-state index contributed by atoms with van der Waals surface area (Å²) in [5, 5.41) is 8.58. The van der Waals surface area contributed by atoms with Crippen molar-refractivity contribution < 1.29 is 18.3 Å². The highest BCUT2D eigenvalue weighted by atomic mass is 19.4. The molecule has 1 nitrogen and oxygen atoms in total. The molecule has 11 heavy (non-hydrogen) atoms. The van der Waals surface area contributed by atoms with Crippen molar-refractivity contribution in [3.63, 3.8) is 0 Å². The second kappa shape index (κ2) is 3.01. The summed E-state index contributed by atoms with van der Waals surface area (Å²) in [6, 6.07) is 0. The molecule has 0 aliphatic heterocycles. The lowest BCUT2D eigenvalue weighted by atomic mass is 10.1. The van der Waals surface area contributed by atoms with Gasteiger partial charge in [0.1, 0.15) is 0 Å². The molecular formula is C7H11F3O. The van der Waals surface area contributed by atoms with E-state index in [1.807, 2.05) is 0 Å². The molecule has 0 bridgehead atoms. The largest absolute Gasteiger partial charge is 0.396 e. The third kappa shape index (κ3) is 2.09. The van der Waals surface area contributed by atoms with Crippen LogP contribution in [0.1, 0.15) is 19.3 Å². The van der Waals surface area contributed by atoms with Gasteiger partial charge in [-0.1, -0.05) is 0 Å². The maximum absolute atomic E-state index is 12.0. The molecule has 0 saturated heterocycles. The van der Waals surface area contributed by atoms with E-state index in [2.05, 4.69) is 0 Å². The highest BCUT2D eigenvalue weighted by Gasteiger charge is 2.43. The van der Waals surface area contributed by atoms with Gasteiger partial charge < -0.3 is 5.11 Å². The zero-order valence-electron chi connectivity index (χ0n) is 6.06. The first-order valence-electron chi connectivity index (χ1n) is 3.71. The van der Waals surface area contributed by atoms with E-state index in [4.69, 9.17) is 5.11 Å². The number of alkyl halides is 3. The van der Waals surface area contributed by atoms with Gasteiger partial charge in [0.05, 0.1) is 5.92 Å². The molecule has 0 amide bonds. The standard InChI is InChI=1S/C7H11F3O/c8-7(9,10)6-2-1-5(3-6)4-11/h5-6,11H,1-4H2/t5-,6+/m0/s1. The van der Waals surface area contributed by atoms with Gasteiger partial charge in [0.2, 0.25) is 0 Å². The van der Waals surface area contributed by atoms with Crippen LogP contribution in [0.5, 0.6) is 0 Å². The number of aliphatic hydroxyl groups is 1. The lowest BCUT2D eigenvalue weighted by Gasteiger charge is -2.13. The van der Waals surface area contributed by atoms with E-state index in [0.29, 0.717) is 6.42 Å². The monoisotopic (exact) mass is 168 g/mol. The molecule has 0 aromatic heterocycles. The molecule has 0 radical (unpaired) electrons. The third-order valence-corrected chi connectivity index (χ3v) is 2.26. The van der Waals surface area contributed by atoms with Crippen LogP contribution in [-0.2, 0) is 0 Å². The Hall–Kier alpha value is -0.250. The molecule has 4 heteroatoms. The van der Waals surface area contributed by atoms with Gasteiger partial charge in [-0.05, 0) is 25.2 Å². The van der Waals surface area contributed by atoms with E-state index in [9.17, 15) is 13.2 Å². The average molecular weight is 168 g/mol. The fourth-order valence-electron chi connectivity index (χ4n) is 1.54. The lowest BCUT2D eigenvalue weighted by molar-refractivity contribution is -0.173. The fraction of sp³-hybridized carbons (Fsp3) is 1.00. The summed E-state index contributed by atoms with van der Waals surface area (Å²) in [6.07, 6.45) is -3.24. The number of hydrogen-bond donors (Lipinski definition) is 1. The number of halogens is 3. The van der Waals surface area contributed by atoms with Gasteiger partial charge in [0, 0.05) is 6.61 Å². The van der Waals surface area contributed by atoms with Crippen molar-refractivity contribution in [3.05, 3.63) is 0 Å². The normalized spacial score (nSPS) is 32.7. The minimum Gasteiger partial charge on any atom is -0.396 e. The summed E-state index contributed by atoms with van der Waals surface area (Å²) in [7, 11) is 0. The van der Waals surface area contributed by atoms with Crippen LogP contribution < -0.4 is 0 Å². The zero-order valence-corrected chi connectivity index (χ0v) is 6.06. The van der Waals surface area contributed by atoms with Crippen LogP contribution in [0.25, 0.3) is 0 Å². The second-order valence-corrected chi connectivity index (χ2v) is 3.10. The molecule has 1 saturated carbocycles. The first-order chi connectivity index (χ1) is 5.04. The van der Waals surface area contributed by atoms with E-state index < -0.39 is 12.1 Å². The van der Waals surface area contributed by atoms with Crippen molar-refractivity contribution in [2.24, 2.45) is 11.8 Å². The number of aliphatic hydroxyl groups excluding tert-OH is 1. The summed E-state index contributed by atoms with van der Waals surface area (Å²) >= 11 is 0.